The molecule has 0 aliphatic carbocycles. The maximum absolute atomic E-state index is 11.8. The van der Waals surface area contributed by atoms with Crippen LogP contribution in [-0.4, -0.2) is 14.7 Å². The molecule has 4 aromatic rings. The van der Waals surface area contributed by atoms with Gasteiger partial charge in [-0.2, -0.15) is 5.26 Å². The van der Waals surface area contributed by atoms with Gasteiger partial charge >= 0.3 is 0 Å². The van der Waals surface area contributed by atoms with Gasteiger partial charge in [-0.15, -0.1) is 0 Å². The highest BCUT2D eigenvalue weighted by Gasteiger charge is 2.15. The van der Waals surface area contributed by atoms with Gasteiger partial charge < -0.3 is 14.7 Å². The van der Waals surface area contributed by atoms with Crippen molar-refractivity contribution in [1.29, 1.82) is 5.26 Å². The molecular weight excluding hydrogens is 350 g/mol. The molecule has 0 saturated heterocycles. The number of nitriles is 1. The summed E-state index contributed by atoms with van der Waals surface area (Å²) in [6, 6.07) is 18.7. The van der Waals surface area contributed by atoms with Crippen LogP contribution >= 0.6 is 11.6 Å². The average Bonchev–Trinajstić information content (AvgIpc) is 3.07. The van der Waals surface area contributed by atoms with Crippen molar-refractivity contribution in [2.75, 3.05) is 0 Å². The van der Waals surface area contributed by atoms with Crippen molar-refractivity contribution in [1.82, 2.24) is 9.55 Å². The van der Waals surface area contributed by atoms with E-state index < -0.39 is 5.56 Å². The summed E-state index contributed by atoms with van der Waals surface area (Å²) in [6.45, 7) is 0. The Balaban J connectivity index is 1.82. The fourth-order valence-corrected chi connectivity index (χ4v) is 3.09. The van der Waals surface area contributed by atoms with Crippen LogP contribution in [0.4, 0.5) is 0 Å². The lowest BCUT2D eigenvalue weighted by molar-refractivity contribution is 0.476. The molecule has 0 saturated carbocycles. The highest BCUT2D eigenvalue weighted by molar-refractivity contribution is 6.30. The number of H-pyrrole nitrogens is 1. The number of nitrogens with zero attached hydrogens (tertiary/aromatic N) is 2. The van der Waals surface area contributed by atoms with Crippen LogP contribution in [0.2, 0.25) is 5.02 Å². The molecule has 0 aliphatic heterocycles. The van der Waals surface area contributed by atoms with Crippen LogP contribution in [0.25, 0.3) is 27.8 Å². The molecular formula is C20H12ClN3O2. The largest absolute Gasteiger partial charge is 0.504 e. The highest BCUT2D eigenvalue weighted by Crippen LogP contribution is 2.29. The maximum atomic E-state index is 11.8. The molecule has 0 unspecified atom stereocenters. The number of benzene rings is 2. The fourth-order valence-electron chi connectivity index (χ4n) is 2.96. The number of fused-ring (bicyclic) bond motifs is 1. The molecule has 0 radical (unpaired) electrons. The Morgan fingerprint density at radius 3 is 2.23 bits per heavy atom. The van der Waals surface area contributed by atoms with Crippen LogP contribution in [0.1, 0.15) is 5.56 Å². The monoisotopic (exact) mass is 361 g/mol. The zero-order valence-electron chi connectivity index (χ0n) is 13.4. The summed E-state index contributed by atoms with van der Waals surface area (Å²) in [7, 11) is 0. The van der Waals surface area contributed by atoms with Gasteiger partial charge in [-0.25, -0.2) is 0 Å². The summed E-state index contributed by atoms with van der Waals surface area (Å²) in [4.78, 5) is 14.4. The summed E-state index contributed by atoms with van der Waals surface area (Å²) in [5.74, 6) is -0.321. The predicted octanol–water partition coefficient (Wildman–Crippen LogP) is 4.22. The molecule has 0 fully saturated rings. The van der Waals surface area contributed by atoms with E-state index in [0.717, 1.165) is 16.8 Å². The van der Waals surface area contributed by atoms with Gasteiger partial charge in [0.25, 0.3) is 5.56 Å². The van der Waals surface area contributed by atoms with E-state index in [1.807, 2.05) is 48.5 Å². The third kappa shape index (κ3) is 2.53. The molecule has 2 heterocycles. The first kappa shape index (κ1) is 16.0. The van der Waals surface area contributed by atoms with E-state index in [-0.39, 0.29) is 11.3 Å². The quantitative estimate of drug-likeness (QED) is 0.561. The van der Waals surface area contributed by atoms with E-state index in [1.54, 1.807) is 22.9 Å². The molecule has 126 valence electrons. The van der Waals surface area contributed by atoms with Crippen LogP contribution < -0.4 is 5.56 Å². The van der Waals surface area contributed by atoms with Crippen LogP contribution in [0.3, 0.4) is 0 Å². The number of aromatic amines is 1. The topological polar surface area (TPSA) is 81.8 Å². The van der Waals surface area contributed by atoms with Crippen molar-refractivity contribution < 1.29 is 5.11 Å². The van der Waals surface area contributed by atoms with Gasteiger partial charge in [0.15, 0.2) is 11.3 Å². The molecule has 2 N–H and O–H groups in total. The number of halogens is 1. The molecule has 26 heavy (non-hydrogen) atoms. The van der Waals surface area contributed by atoms with Gasteiger partial charge in [0, 0.05) is 16.9 Å². The molecule has 2 aromatic heterocycles. The molecule has 2 aromatic carbocycles. The van der Waals surface area contributed by atoms with Crippen molar-refractivity contribution in [2.45, 2.75) is 0 Å². The Hall–Kier alpha value is -3.49. The van der Waals surface area contributed by atoms with Gasteiger partial charge in [0.2, 0.25) is 0 Å². The number of nitrogens with one attached hydrogen (secondary N) is 1. The zero-order valence-corrected chi connectivity index (χ0v) is 14.2. The summed E-state index contributed by atoms with van der Waals surface area (Å²) in [5, 5.41) is 20.1. The number of hydrogen-bond donors (Lipinski definition) is 2. The standard InChI is InChI=1S/C20H12ClN3O2/c21-14-5-1-12(2-6-14)13-3-7-15(8-4-13)24-10-9-17-18(24)19(25)16(11-22)20(26)23-17/h1-10H,(H2,23,25,26). The van der Waals surface area contributed by atoms with Crippen molar-refractivity contribution in [3.05, 3.63) is 81.7 Å². The van der Waals surface area contributed by atoms with Gasteiger partial charge in [-0.3, -0.25) is 4.79 Å². The Kier molecular flexibility index (Phi) is 3.76. The molecule has 0 amide bonds. The highest BCUT2D eigenvalue weighted by atomic mass is 35.5. The molecule has 0 bridgehead atoms. The van der Waals surface area contributed by atoms with E-state index in [0.29, 0.717) is 16.1 Å². The third-order valence-electron chi connectivity index (χ3n) is 4.26. The second-order valence-corrected chi connectivity index (χ2v) is 6.23. The molecule has 0 spiro atoms. The molecule has 4 rings (SSSR count). The van der Waals surface area contributed by atoms with Crippen molar-refractivity contribution >= 4 is 22.6 Å². The second-order valence-electron chi connectivity index (χ2n) is 5.79. The molecule has 0 atom stereocenters. The van der Waals surface area contributed by atoms with Gasteiger partial charge in [-0.1, -0.05) is 35.9 Å². The SMILES string of the molecule is N#Cc1c(O)c2c(ccn2-c2ccc(-c3ccc(Cl)cc3)cc2)[nH]c1=O. The number of aromatic hydroxyl groups is 1. The van der Waals surface area contributed by atoms with Gasteiger partial charge in [-0.05, 0) is 41.5 Å². The van der Waals surface area contributed by atoms with E-state index in [1.165, 1.54) is 0 Å². The van der Waals surface area contributed by atoms with E-state index in [2.05, 4.69) is 4.98 Å². The lowest BCUT2D eigenvalue weighted by Gasteiger charge is -2.09. The number of pyridine rings is 1. The number of aromatic nitrogens is 2. The van der Waals surface area contributed by atoms with Crippen LogP contribution in [0.5, 0.6) is 5.75 Å². The van der Waals surface area contributed by atoms with Crippen molar-refractivity contribution in [3.8, 4) is 28.6 Å². The molecule has 0 aliphatic rings. The van der Waals surface area contributed by atoms with E-state index in [4.69, 9.17) is 16.9 Å². The van der Waals surface area contributed by atoms with E-state index in [9.17, 15) is 9.90 Å². The average molecular weight is 362 g/mol. The Labute approximate surface area is 153 Å². The Morgan fingerprint density at radius 2 is 1.62 bits per heavy atom. The van der Waals surface area contributed by atoms with Crippen LogP contribution in [0, 0.1) is 11.3 Å². The fraction of sp³-hybridized carbons (Fsp3) is 0. The van der Waals surface area contributed by atoms with Crippen molar-refractivity contribution in [2.24, 2.45) is 0 Å². The predicted molar refractivity (Wildman–Crippen MR) is 101 cm³/mol. The summed E-state index contributed by atoms with van der Waals surface area (Å²) in [5.41, 5.74) is 2.82. The molecule has 6 heteroatoms. The Bertz CT molecular complexity index is 1210. The van der Waals surface area contributed by atoms with Crippen LogP contribution in [0.15, 0.2) is 65.6 Å². The van der Waals surface area contributed by atoms with E-state index >= 15 is 0 Å². The van der Waals surface area contributed by atoms with Crippen LogP contribution in [-0.2, 0) is 0 Å². The van der Waals surface area contributed by atoms with Gasteiger partial charge in [0.05, 0.1) is 5.52 Å². The summed E-state index contributed by atoms with van der Waals surface area (Å²) < 4.78 is 1.73. The lowest BCUT2D eigenvalue weighted by Crippen LogP contribution is -2.10. The first-order valence-corrected chi connectivity index (χ1v) is 8.19. The summed E-state index contributed by atoms with van der Waals surface area (Å²) in [6.07, 6.45) is 1.73. The Morgan fingerprint density at radius 1 is 1.00 bits per heavy atom. The van der Waals surface area contributed by atoms with Crippen molar-refractivity contribution in [3.63, 3.8) is 0 Å². The van der Waals surface area contributed by atoms with Gasteiger partial charge in [0.1, 0.15) is 11.6 Å². The normalized spacial score (nSPS) is 10.8. The third-order valence-corrected chi connectivity index (χ3v) is 4.51. The first-order valence-electron chi connectivity index (χ1n) is 7.81. The number of rotatable bonds is 2. The first-order chi connectivity index (χ1) is 12.6. The minimum absolute atomic E-state index is 0.296. The zero-order chi connectivity index (χ0) is 18.3. The molecule has 5 nitrogen and oxygen atoms in total. The summed E-state index contributed by atoms with van der Waals surface area (Å²) >= 11 is 5.92. The minimum Gasteiger partial charge on any atom is -0.504 e. The number of hydrogen-bond acceptors (Lipinski definition) is 3. The maximum Gasteiger partial charge on any atom is 0.270 e. The minimum atomic E-state index is -0.603. The lowest BCUT2D eigenvalue weighted by atomic mass is 10.1. The second kappa shape index (κ2) is 6.10. The smallest absolute Gasteiger partial charge is 0.270 e.